The van der Waals surface area contributed by atoms with E-state index in [1.807, 2.05) is 0 Å². The summed E-state index contributed by atoms with van der Waals surface area (Å²) < 4.78 is 1.71. The third-order valence-corrected chi connectivity index (χ3v) is 3.28. The van der Waals surface area contributed by atoms with Crippen molar-refractivity contribution in [2.45, 2.75) is 32.4 Å². The van der Waals surface area contributed by atoms with Crippen molar-refractivity contribution in [2.75, 3.05) is 19.0 Å². The normalized spacial score (nSPS) is 11.9. The van der Waals surface area contributed by atoms with Crippen LogP contribution in [0.5, 0.6) is 0 Å². The minimum atomic E-state index is -0.765. The highest BCUT2D eigenvalue weighted by Gasteiger charge is 2.19. The number of nitro benzene ring substituents is 1. The molecule has 1 aromatic heterocycles. The highest BCUT2D eigenvalue weighted by atomic mass is 16.6. The monoisotopic (exact) mass is 292 g/mol. The van der Waals surface area contributed by atoms with Gasteiger partial charge in [-0.25, -0.2) is 0 Å². The molecule has 21 heavy (non-hydrogen) atoms. The van der Waals surface area contributed by atoms with E-state index in [1.165, 1.54) is 6.07 Å². The second-order valence-corrected chi connectivity index (χ2v) is 6.01. The Bertz CT molecular complexity index is 671. The molecule has 114 valence electrons. The van der Waals surface area contributed by atoms with Gasteiger partial charge in [-0.2, -0.15) is 5.10 Å². The summed E-state index contributed by atoms with van der Waals surface area (Å²) in [5, 5.41) is 26.0. The van der Waals surface area contributed by atoms with Crippen LogP contribution in [0, 0.1) is 10.1 Å². The molecule has 0 fully saturated rings. The lowest BCUT2D eigenvalue weighted by atomic mass is 10.1. The molecule has 0 aliphatic heterocycles. The van der Waals surface area contributed by atoms with Crippen molar-refractivity contribution in [1.82, 2.24) is 9.78 Å². The second-order valence-electron chi connectivity index (χ2n) is 6.01. The molecule has 0 radical (unpaired) electrons. The van der Waals surface area contributed by atoms with Crippen LogP contribution in [0.2, 0.25) is 0 Å². The number of fused-ring (bicyclic) bond motifs is 1. The minimum Gasteiger partial charge on any atom is -0.390 e. The summed E-state index contributed by atoms with van der Waals surface area (Å²) >= 11 is 0. The Labute approximate surface area is 122 Å². The molecule has 1 aromatic carbocycles. The summed E-state index contributed by atoms with van der Waals surface area (Å²) in [5.74, 6) is 0. The average molecular weight is 292 g/mol. The molecule has 0 atom stereocenters. The van der Waals surface area contributed by atoms with Gasteiger partial charge in [-0.05, 0) is 26.3 Å². The van der Waals surface area contributed by atoms with Crippen molar-refractivity contribution in [2.24, 2.45) is 0 Å². The van der Waals surface area contributed by atoms with Crippen molar-refractivity contribution in [1.29, 1.82) is 0 Å². The first kappa shape index (κ1) is 15.2. The van der Waals surface area contributed by atoms with Gasteiger partial charge in [0.1, 0.15) is 5.69 Å². The number of nitrogens with zero attached hydrogens (tertiary/aromatic N) is 4. The Morgan fingerprint density at radius 1 is 1.43 bits per heavy atom. The number of nitro groups is 1. The van der Waals surface area contributed by atoms with Crippen molar-refractivity contribution in [3.63, 3.8) is 0 Å². The average Bonchev–Trinajstić information content (AvgIpc) is 2.75. The molecule has 1 N–H and O–H groups in total. The lowest BCUT2D eigenvalue weighted by molar-refractivity contribution is -0.384. The maximum absolute atomic E-state index is 11.2. The van der Waals surface area contributed by atoms with Crippen LogP contribution in [0.3, 0.4) is 0 Å². The molecule has 2 aromatic rings. The summed E-state index contributed by atoms with van der Waals surface area (Å²) in [7, 11) is 3.53. The summed E-state index contributed by atoms with van der Waals surface area (Å²) in [5.41, 5.74) is 0.536. The fourth-order valence-electron chi connectivity index (χ4n) is 2.11. The Morgan fingerprint density at radius 2 is 2.10 bits per heavy atom. The highest BCUT2D eigenvalue weighted by Crippen LogP contribution is 2.31. The van der Waals surface area contributed by atoms with Gasteiger partial charge in [0.15, 0.2) is 0 Å². The van der Waals surface area contributed by atoms with E-state index in [1.54, 1.807) is 49.8 Å². The molecule has 0 unspecified atom stereocenters. The maximum atomic E-state index is 11.2. The topological polar surface area (TPSA) is 84.4 Å². The third-order valence-electron chi connectivity index (χ3n) is 3.28. The molecule has 0 bridgehead atoms. The van der Waals surface area contributed by atoms with Gasteiger partial charge in [0.25, 0.3) is 5.69 Å². The van der Waals surface area contributed by atoms with Gasteiger partial charge in [0.2, 0.25) is 0 Å². The Balaban J connectivity index is 2.41. The van der Waals surface area contributed by atoms with Gasteiger partial charge < -0.3 is 10.0 Å². The first-order valence-electron chi connectivity index (χ1n) is 6.73. The Hall–Kier alpha value is -2.15. The quantitative estimate of drug-likeness (QED) is 0.674. The van der Waals surface area contributed by atoms with E-state index in [-0.39, 0.29) is 10.6 Å². The number of benzene rings is 1. The van der Waals surface area contributed by atoms with Crippen molar-refractivity contribution >= 4 is 22.3 Å². The predicted molar refractivity (Wildman–Crippen MR) is 81.6 cm³/mol. The van der Waals surface area contributed by atoms with Crippen LogP contribution in [0.1, 0.15) is 20.3 Å². The number of rotatable bonds is 5. The van der Waals surface area contributed by atoms with Crippen LogP contribution >= 0.6 is 0 Å². The van der Waals surface area contributed by atoms with Crippen LogP contribution in [-0.4, -0.2) is 39.5 Å². The fraction of sp³-hybridized carbons (Fsp3) is 0.500. The molecular weight excluding hydrogens is 272 g/mol. The van der Waals surface area contributed by atoms with Crippen LogP contribution in [-0.2, 0) is 6.54 Å². The molecule has 0 aliphatic rings. The molecule has 1 heterocycles. The van der Waals surface area contributed by atoms with Gasteiger partial charge in [-0.15, -0.1) is 0 Å². The zero-order valence-electron chi connectivity index (χ0n) is 12.7. The number of aliphatic hydroxyl groups is 1. The SMILES string of the molecule is CN(C)c1cc2nn(CCC(C)(C)O)cc2cc1[N+](=O)[O-]. The number of aryl methyl sites for hydroxylation is 1. The van der Waals surface area contributed by atoms with E-state index in [0.717, 1.165) is 5.39 Å². The summed E-state index contributed by atoms with van der Waals surface area (Å²) in [6, 6.07) is 3.26. The number of anilines is 1. The van der Waals surface area contributed by atoms with E-state index < -0.39 is 5.60 Å². The van der Waals surface area contributed by atoms with Crippen molar-refractivity contribution < 1.29 is 10.0 Å². The van der Waals surface area contributed by atoms with Gasteiger partial charge in [-0.1, -0.05) is 0 Å². The van der Waals surface area contributed by atoms with Crippen molar-refractivity contribution in [3.05, 3.63) is 28.4 Å². The molecule has 0 saturated carbocycles. The van der Waals surface area contributed by atoms with Crippen LogP contribution < -0.4 is 4.90 Å². The molecule has 2 rings (SSSR count). The smallest absolute Gasteiger partial charge is 0.293 e. The molecule has 0 spiro atoms. The summed E-state index contributed by atoms with van der Waals surface area (Å²) in [4.78, 5) is 12.5. The number of hydrogen-bond donors (Lipinski definition) is 1. The highest BCUT2D eigenvalue weighted by molar-refractivity contribution is 5.87. The fourth-order valence-corrected chi connectivity index (χ4v) is 2.11. The summed E-state index contributed by atoms with van der Waals surface area (Å²) in [6.45, 7) is 4.04. The van der Waals surface area contributed by atoms with Gasteiger partial charge in [0.05, 0.1) is 16.0 Å². The van der Waals surface area contributed by atoms with Crippen molar-refractivity contribution in [3.8, 4) is 0 Å². The third kappa shape index (κ3) is 3.49. The Kier molecular flexibility index (Phi) is 3.87. The molecule has 7 heteroatoms. The molecular formula is C14H20N4O3. The standard InChI is InChI=1S/C14H20N4O3/c1-14(2,19)5-6-17-9-10-7-13(18(20)21)12(16(3)4)8-11(10)15-17/h7-9,19H,5-6H2,1-4H3. The van der Waals surface area contributed by atoms with Crippen LogP contribution in [0.4, 0.5) is 11.4 Å². The first-order chi connectivity index (χ1) is 9.67. The predicted octanol–water partition coefficient (Wildman–Crippen LogP) is 2.17. The number of hydrogen-bond acceptors (Lipinski definition) is 5. The molecule has 7 nitrogen and oxygen atoms in total. The van der Waals surface area contributed by atoms with Gasteiger partial charge in [0, 0.05) is 38.3 Å². The van der Waals surface area contributed by atoms with E-state index in [4.69, 9.17) is 0 Å². The largest absolute Gasteiger partial charge is 0.390 e. The first-order valence-corrected chi connectivity index (χ1v) is 6.73. The molecule has 0 amide bonds. The molecule has 0 aliphatic carbocycles. The zero-order valence-corrected chi connectivity index (χ0v) is 12.7. The van der Waals surface area contributed by atoms with E-state index in [9.17, 15) is 15.2 Å². The van der Waals surface area contributed by atoms with Gasteiger partial charge in [-0.3, -0.25) is 14.8 Å². The van der Waals surface area contributed by atoms with E-state index in [0.29, 0.717) is 24.2 Å². The Morgan fingerprint density at radius 3 is 2.62 bits per heavy atom. The zero-order chi connectivity index (χ0) is 15.8. The van der Waals surface area contributed by atoms with Gasteiger partial charge >= 0.3 is 0 Å². The van der Waals surface area contributed by atoms with E-state index in [2.05, 4.69) is 5.10 Å². The minimum absolute atomic E-state index is 0.0644. The molecule has 0 saturated heterocycles. The van der Waals surface area contributed by atoms with E-state index >= 15 is 0 Å². The van der Waals surface area contributed by atoms with Crippen LogP contribution in [0.25, 0.3) is 10.9 Å². The lowest BCUT2D eigenvalue weighted by Crippen LogP contribution is -2.21. The van der Waals surface area contributed by atoms with Crippen LogP contribution in [0.15, 0.2) is 18.3 Å². The second kappa shape index (κ2) is 5.33. The summed E-state index contributed by atoms with van der Waals surface area (Å²) in [6.07, 6.45) is 2.33. The lowest BCUT2D eigenvalue weighted by Gasteiger charge is -2.16. The number of aromatic nitrogens is 2. The maximum Gasteiger partial charge on any atom is 0.293 e.